The van der Waals surface area contributed by atoms with E-state index in [0.717, 1.165) is 38.0 Å². The average molecular weight is 320 g/mol. The van der Waals surface area contributed by atoms with E-state index in [0.29, 0.717) is 5.41 Å². The number of hydrogen-bond acceptors (Lipinski definition) is 2. The SMILES string of the molecule is CCCOc1ccc(C(C)(C)CC(C)(C)C)cc1CC(N)CC. The first-order valence-electron chi connectivity index (χ1n) is 9.11. The molecule has 2 heteroatoms. The summed E-state index contributed by atoms with van der Waals surface area (Å²) in [5, 5.41) is 0. The van der Waals surface area contributed by atoms with Gasteiger partial charge in [0.1, 0.15) is 5.75 Å². The van der Waals surface area contributed by atoms with Gasteiger partial charge in [0.2, 0.25) is 0 Å². The minimum atomic E-state index is 0.145. The number of rotatable bonds is 8. The van der Waals surface area contributed by atoms with Crippen molar-refractivity contribution in [1.29, 1.82) is 0 Å². The molecule has 0 spiro atoms. The van der Waals surface area contributed by atoms with E-state index in [1.807, 2.05) is 0 Å². The Balaban J connectivity index is 3.12. The Morgan fingerprint density at radius 3 is 2.26 bits per heavy atom. The molecular weight excluding hydrogens is 282 g/mol. The summed E-state index contributed by atoms with van der Waals surface area (Å²) in [5.74, 6) is 1.01. The lowest BCUT2D eigenvalue weighted by molar-refractivity contribution is 0.283. The van der Waals surface area contributed by atoms with Gasteiger partial charge in [-0.2, -0.15) is 0 Å². The van der Waals surface area contributed by atoms with Crippen molar-refractivity contribution in [3.05, 3.63) is 29.3 Å². The Kier molecular flexibility index (Phi) is 7.13. The molecule has 0 heterocycles. The topological polar surface area (TPSA) is 35.2 Å². The number of hydrogen-bond donors (Lipinski definition) is 1. The van der Waals surface area contributed by atoms with Gasteiger partial charge in [-0.15, -0.1) is 0 Å². The van der Waals surface area contributed by atoms with Gasteiger partial charge in [-0.3, -0.25) is 0 Å². The van der Waals surface area contributed by atoms with Crippen LogP contribution in [0.25, 0.3) is 0 Å². The Morgan fingerprint density at radius 1 is 1.09 bits per heavy atom. The van der Waals surface area contributed by atoms with Gasteiger partial charge in [0.25, 0.3) is 0 Å². The van der Waals surface area contributed by atoms with Gasteiger partial charge in [-0.25, -0.2) is 0 Å². The van der Waals surface area contributed by atoms with Crippen molar-refractivity contribution in [2.45, 2.75) is 85.6 Å². The summed E-state index contributed by atoms with van der Waals surface area (Å²) in [6, 6.07) is 6.90. The molecule has 0 amide bonds. The van der Waals surface area contributed by atoms with Gasteiger partial charge >= 0.3 is 0 Å². The lowest BCUT2D eigenvalue weighted by Crippen LogP contribution is -2.26. The van der Waals surface area contributed by atoms with Crippen LogP contribution in [-0.2, 0) is 11.8 Å². The molecule has 1 atom stereocenters. The molecule has 2 N–H and O–H groups in total. The van der Waals surface area contributed by atoms with E-state index in [-0.39, 0.29) is 11.5 Å². The van der Waals surface area contributed by atoms with Crippen LogP contribution in [0.1, 0.15) is 78.9 Å². The molecule has 0 aliphatic carbocycles. The minimum absolute atomic E-state index is 0.145. The Labute approximate surface area is 143 Å². The summed E-state index contributed by atoms with van der Waals surface area (Å²) in [6.07, 6.45) is 4.04. The molecule has 132 valence electrons. The van der Waals surface area contributed by atoms with Crippen LogP contribution in [0.15, 0.2) is 18.2 Å². The highest BCUT2D eigenvalue weighted by Crippen LogP contribution is 2.38. The molecule has 0 fully saturated rings. The van der Waals surface area contributed by atoms with E-state index in [4.69, 9.17) is 10.5 Å². The molecule has 0 aliphatic heterocycles. The van der Waals surface area contributed by atoms with Gasteiger partial charge in [0, 0.05) is 6.04 Å². The van der Waals surface area contributed by atoms with Gasteiger partial charge in [-0.05, 0) is 53.7 Å². The van der Waals surface area contributed by atoms with Crippen molar-refractivity contribution in [2.24, 2.45) is 11.1 Å². The first-order chi connectivity index (χ1) is 10.6. The Morgan fingerprint density at radius 2 is 1.74 bits per heavy atom. The van der Waals surface area contributed by atoms with Crippen molar-refractivity contribution in [3.63, 3.8) is 0 Å². The molecule has 1 rings (SSSR count). The Bertz CT molecular complexity index is 485. The van der Waals surface area contributed by atoms with Gasteiger partial charge in [-0.1, -0.05) is 60.6 Å². The van der Waals surface area contributed by atoms with Gasteiger partial charge < -0.3 is 10.5 Å². The van der Waals surface area contributed by atoms with Crippen LogP contribution in [0.4, 0.5) is 0 Å². The molecule has 0 saturated heterocycles. The van der Waals surface area contributed by atoms with Crippen LogP contribution in [0, 0.1) is 5.41 Å². The van der Waals surface area contributed by atoms with E-state index in [9.17, 15) is 0 Å². The van der Waals surface area contributed by atoms with E-state index in [1.165, 1.54) is 11.1 Å². The van der Waals surface area contributed by atoms with Crippen molar-refractivity contribution < 1.29 is 4.74 Å². The van der Waals surface area contributed by atoms with Crippen LogP contribution < -0.4 is 10.5 Å². The second-order valence-electron chi connectivity index (χ2n) is 8.66. The molecule has 0 radical (unpaired) electrons. The summed E-state index contributed by atoms with van der Waals surface area (Å²) in [7, 11) is 0. The summed E-state index contributed by atoms with van der Waals surface area (Å²) in [5.41, 5.74) is 9.30. The smallest absolute Gasteiger partial charge is 0.122 e. The van der Waals surface area contributed by atoms with E-state index in [1.54, 1.807) is 0 Å². The summed E-state index contributed by atoms with van der Waals surface area (Å²) in [6.45, 7) is 16.6. The Hall–Kier alpha value is -1.02. The lowest BCUT2D eigenvalue weighted by Gasteiger charge is -2.33. The second-order valence-corrected chi connectivity index (χ2v) is 8.66. The zero-order valence-electron chi connectivity index (χ0n) is 16.3. The normalized spacial score (nSPS) is 13.9. The number of nitrogens with two attached hydrogens (primary N) is 1. The fraction of sp³-hybridized carbons (Fsp3) is 0.714. The zero-order chi connectivity index (χ0) is 17.7. The van der Waals surface area contributed by atoms with Crippen LogP contribution in [0.2, 0.25) is 0 Å². The molecule has 23 heavy (non-hydrogen) atoms. The quantitative estimate of drug-likeness (QED) is 0.689. The molecular formula is C21H37NO. The van der Waals surface area contributed by atoms with E-state index in [2.05, 4.69) is 66.7 Å². The molecule has 0 bridgehead atoms. The monoisotopic (exact) mass is 319 g/mol. The first kappa shape index (κ1) is 20.0. The van der Waals surface area contributed by atoms with E-state index >= 15 is 0 Å². The second kappa shape index (κ2) is 8.19. The first-order valence-corrected chi connectivity index (χ1v) is 9.11. The van der Waals surface area contributed by atoms with Gasteiger partial charge in [0.05, 0.1) is 6.61 Å². The fourth-order valence-electron chi connectivity index (χ4n) is 3.37. The summed E-state index contributed by atoms with van der Waals surface area (Å²) < 4.78 is 5.94. The molecule has 0 saturated carbocycles. The highest BCUT2D eigenvalue weighted by molar-refractivity contribution is 5.40. The van der Waals surface area contributed by atoms with Crippen LogP contribution in [0.3, 0.4) is 0 Å². The highest BCUT2D eigenvalue weighted by Gasteiger charge is 2.28. The molecule has 1 unspecified atom stereocenters. The van der Waals surface area contributed by atoms with Crippen molar-refractivity contribution in [2.75, 3.05) is 6.61 Å². The third-order valence-corrected chi connectivity index (χ3v) is 4.28. The maximum atomic E-state index is 6.21. The average Bonchev–Trinajstić information content (AvgIpc) is 2.43. The summed E-state index contributed by atoms with van der Waals surface area (Å²) in [4.78, 5) is 0. The van der Waals surface area contributed by atoms with Crippen LogP contribution >= 0.6 is 0 Å². The highest BCUT2D eigenvalue weighted by atomic mass is 16.5. The molecule has 1 aromatic carbocycles. The van der Waals surface area contributed by atoms with Crippen LogP contribution in [0.5, 0.6) is 5.75 Å². The van der Waals surface area contributed by atoms with Crippen molar-refractivity contribution in [1.82, 2.24) is 0 Å². The fourth-order valence-corrected chi connectivity index (χ4v) is 3.37. The molecule has 0 aliphatic rings. The van der Waals surface area contributed by atoms with Crippen molar-refractivity contribution >= 4 is 0 Å². The predicted octanol–water partition coefficient (Wildman–Crippen LogP) is 5.47. The van der Waals surface area contributed by atoms with Crippen LogP contribution in [-0.4, -0.2) is 12.6 Å². The maximum Gasteiger partial charge on any atom is 0.122 e. The predicted molar refractivity (Wildman–Crippen MR) is 101 cm³/mol. The lowest BCUT2D eigenvalue weighted by atomic mass is 9.72. The van der Waals surface area contributed by atoms with Gasteiger partial charge in [0.15, 0.2) is 0 Å². The minimum Gasteiger partial charge on any atom is -0.493 e. The third-order valence-electron chi connectivity index (χ3n) is 4.28. The third kappa shape index (κ3) is 6.55. The van der Waals surface area contributed by atoms with Crippen molar-refractivity contribution in [3.8, 4) is 5.75 Å². The summed E-state index contributed by atoms with van der Waals surface area (Å²) >= 11 is 0. The molecule has 2 nitrogen and oxygen atoms in total. The molecule has 0 aromatic heterocycles. The number of benzene rings is 1. The maximum absolute atomic E-state index is 6.21. The standard InChI is InChI=1S/C21H37NO/c1-8-12-23-19-11-10-17(13-16(19)14-18(22)9-2)21(6,7)15-20(3,4)5/h10-11,13,18H,8-9,12,14-15,22H2,1-7H3. The largest absolute Gasteiger partial charge is 0.493 e. The number of ether oxygens (including phenoxy) is 1. The molecule has 1 aromatic rings. The zero-order valence-corrected chi connectivity index (χ0v) is 16.3. The van der Waals surface area contributed by atoms with E-state index < -0.39 is 0 Å².